The van der Waals surface area contributed by atoms with Gasteiger partial charge in [0, 0.05) is 25.4 Å². The van der Waals surface area contributed by atoms with E-state index >= 15 is 0 Å². The molecule has 2 heterocycles. The Balaban J connectivity index is 1.86. The zero-order valence-corrected chi connectivity index (χ0v) is 13.3. The monoisotopic (exact) mass is 295 g/mol. The zero-order valence-electron chi connectivity index (χ0n) is 13.3. The summed E-state index contributed by atoms with van der Waals surface area (Å²) in [4.78, 5) is 13.8. The van der Waals surface area contributed by atoms with Crippen LogP contribution in [0.2, 0.25) is 0 Å². The van der Waals surface area contributed by atoms with E-state index in [1.165, 1.54) is 0 Å². The SMILES string of the molecule is CCOc1ccn(C2CCN(C(=O)OC(C)(C)C)CC2)n1. The topological polar surface area (TPSA) is 56.6 Å². The van der Waals surface area contributed by atoms with Crippen LogP contribution in [0.5, 0.6) is 5.88 Å². The van der Waals surface area contributed by atoms with Gasteiger partial charge in [0.15, 0.2) is 0 Å². The maximum atomic E-state index is 12.0. The Kier molecular flexibility index (Phi) is 4.75. The largest absolute Gasteiger partial charge is 0.477 e. The highest BCUT2D eigenvalue weighted by Gasteiger charge is 2.27. The first-order valence-electron chi connectivity index (χ1n) is 7.55. The molecule has 0 aliphatic carbocycles. The molecule has 0 bridgehead atoms. The molecular formula is C15H25N3O3. The highest BCUT2D eigenvalue weighted by Crippen LogP contribution is 2.24. The molecule has 1 fully saturated rings. The normalized spacial score (nSPS) is 16.9. The summed E-state index contributed by atoms with van der Waals surface area (Å²) in [6.07, 6.45) is 3.48. The Labute approximate surface area is 126 Å². The van der Waals surface area contributed by atoms with E-state index in [9.17, 15) is 4.79 Å². The Morgan fingerprint density at radius 3 is 2.62 bits per heavy atom. The van der Waals surface area contributed by atoms with Gasteiger partial charge in [-0.1, -0.05) is 0 Å². The van der Waals surface area contributed by atoms with Crippen LogP contribution in [-0.4, -0.2) is 46.1 Å². The van der Waals surface area contributed by atoms with E-state index in [0.29, 0.717) is 31.6 Å². The second-order valence-corrected chi connectivity index (χ2v) is 6.27. The van der Waals surface area contributed by atoms with Crippen LogP contribution in [-0.2, 0) is 4.74 Å². The zero-order chi connectivity index (χ0) is 15.5. The molecule has 0 N–H and O–H groups in total. The van der Waals surface area contributed by atoms with Crippen molar-refractivity contribution in [1.29, 1.82) is 0 Å². The first-order chi connectivity index (χ1) is 9.89. The minimum absolute atomic E-state index is 0.226. The lowest BCUT2D eigenvalue weighted by Crippen LogP contribution is -2.42. The summed E-state index contributed by atoms with van der Waals surface area (Å²) < 4.78 is 12.7. The third-order valence-electron chi connectivity index (χ3n) is 3.37. The van der Waals surface area contributed by atoms with Crippen LogP contribution in [0.25, 0.3) is 0 Å². The minimum atomic E-state index is -0.442. The highest BCUT2D eigenvalue weighted by molar-refractivity contribution is 5.68. The van der Waals surface area contributed by atoms with Crippen molar-refractivity contribution in [2.45, 2.75) is 52.2 Å². The predicted octanol–water partition coefficient (Wildman–Crippen LogP) is 2.85. The molecule has 0 atom stereocenters. The van der Waals surface area contributed by atoms with Crippen LogP contribution in [0.4, 0.5) is 4.79 Å². The number of carbonyl (C=O) groups is 1. The quantitative estimate of drug-likeness (QED) is 0.860. The van der Waals surface area contributed by atoms with Gasteiger partial charge in [0.2, 0.25) is 5.88 Å². The molecule has 6 heteroatoms. The molecule has 1 saturated heterocycles. The van der Waals surface area contributed by atoms with Crippen molar-refractivity contribution in [2.24, 2.45) is 0 Å². The van der Waals surface area contributed by atoms with E-state index in [2.05, 4.69) is 5.10 Å². The van der Waals surface area contributed by atoms with Gasteiger partial charge in [0.25, 0.3) is 0 Å². The standard InChI is InChI=1S/C15H25N3O3/c1-5-20-13-8-11-18(16-13)12-6-9-17(10-7-12)14(19)21-15(2,3)4/h8,11-12H,5-7,9-10H2,1-4H3. The first kappa shape index (κ1) is 15.7. The molecule has 1 aromatic rings. The molecule has 0 radical (unpaired) electrons. The molecule has 118 valence electrons. The Morgan fingerprint density at radius 2 is 2.05 bits per heavy atom. The number of rotatable bonds is 3. The Bertz CT molecular complexity index is 471. The van der Waals surface area contributed by atoms with Crippen molar-refractivity contribution in [3.8, 4) is 5.88 Å². The fraction of sp³-hybridized carbons (Fsp3) is 0.733. The van der Waals surface area contributed by atoms with Crippen LogP contribution >= 0.6 is 0 Å². The van der Waals surface area contributed by atoms with Crippen molar-refractivity contribution in [1.82, 2.24) is 14.7 Å². The second kappa shape index (κ2) is 6.37. The van der Waals surface area contributed by atoms with Gasteiger partial charge in [-0.15, -0.1) is 5.10 Å². The van der Waals surface area contributed by atoms with Gasteiger partial charge in [-0.3, -0.25) is 4.68 Å². The number of hydrogen-bond acceptors (Lipinski definition) is 4. The van der Waals surface area contributed by atoms with Crippen LogP contribution in [0, 0.1) is 0 Å². The summed E-state index contributed by atoms with van der Waals surface area (Å²) in [7, 11) is 0. The first-order valence-corrected chi connectivity index (χ1v) is 7.55. The molecule has 0 aromatic carbocycles. The van der Waals surface area contributed by atoms with E-state index in [0.717, 1.165) is 12.8 Å². The van der Waals surface area contributed by atoms with Crippen molar-refractivity contribution >= 4 is 6.09 Å². The fourth-order valence-electron chi connectivity index (χ4n) is 2.39. The van der Waals surface area contributed by atoms with Gasteiger partial charge in [-0.2, -0.15) is 0 Å². The summed E-state index contributed by atoms with van der Waals surface area (Å²) >= 11 is 0. The molecular weight excluding hydrogens is 270 g/mol. The Morgan fingerprint density at radius 1 is 1.38 bits per heavy atom. The molecule has 1 aliphatic heterocycles. The van der Waals surface area contributed by atoms with Crippen molar-refractivity contribution in [3.63, 3.8) is 0 Å². The van der Waals surface area contributed by atoms with Crippen LogP contribution in [0.1, 0.15) is 46.6 Å². The predicted molar refractivity (Wildman–Crippen MR) is 79.5 cm³/mol. The third kappa shape index (κ3) is 4.37. The number of hydrogen-bond donors (Lipinski definition) is 0. The minimum Gasteiger partial charge on any atom is -0.477 e. The molecule has 0 unspecified atom stereocenters. The molecule has 2 rings (SSSR count). The highest BCUT2D eigenvalue weighted by atomic mass is 16.6. The number of ether oxygens (including phenoxy) is 2. The van der Waals surface area contributed by atoms with Crippen LogP contribution in [0.15, 0.2) is 12.3 Å². The molecule has 1 aromatic heterocycles. The summed E-state index contributed by atoms with van der Waals surface area (Å²) in [5.41, 5.74) is -0.442. The number of aromatic nitrogens is 2. The van der Waals surface area contributed by atoms with Crippen molar-refractivity contribution in [2.75, 3.05) is 19.7 Å². The van der Waals surface area contributed by atoms with E-state index in [1.54, 1.807) is 4.90 Å². The second-order valence-electron chi connectivity index (χ2n) is 6.27. The average Bonchev–Trinajstić information content (AvgIpc) is 2.86. The van der Waals surface area contributed by atoms with Crippen molar-refractivity contribution < 1.29 is 14.3 Å². The molecule has 1 amide bonds. The van der Waals surface area contributed by atoms with Gasteiger partial charge in [0.1, 0.15) is 5.60 Å². The molecule has 6 nitrogen and oxygen atoms in total. The lowest BCUT2D eigenvalue weighted by atomic mass is 10.1. The smallest absolute Gasteiger partial charge is 0.410 e. The maximum absolute atomic E-state index is 12.0. The van der Waals surface area contributed by atoms with Gasteiger partial charge < -0.3 is 14.4 Å². The summed E-state index contributed by atoms with van der Waals surface area (Å²) in [5, 5.41) is 4.41. The van der Waals surface area contributed by atoms with E-state index < -0.39 is 5.60 Å². The van der Waals surface area contributed by atoms with Gasteiger partial charge in [-0.05, 0) is 40.5 Å². The third-order valence-corrected chi connectivity index (χ3v) is 3.37. The molecule has 0 saturated carbocycles. The fourth-order valence-corrected chi connectivity index (χ4v) is 2.39. The average molecular weight is 295 g/mol. The Hall–Kier alpha value is -1.72. The van der Waals surface area contributed by atoms with Gasteiger partial charge >= 0.3 is 6.09 Å². The summed E-state index contributed by atoms with van der Waals surface area (Å²) in [6.45, 7) is 9.61. The molecule has 0 spiro atoms. The van der Waals surface area contributed by atoms with E-state index in [4.69, 9.17) is 9.47 Å². The lowest BCUT2D eigenvalue weighted by Gasteiger charge is -2.33. The number of likely N-dealkylation sites (tertiary alicyclic amines) is 1. The maximum Gasteiger partial charge on any atom is 0.410 e. The van der Waals surface area contributed by atoms with Gasteiger partial charge in [-0.25, -0.2) is 4.79 Å². The number of piperidine rings is 1. The molecule has 21 heavy (non-hydrogen) atoms. The van der Waals surface area contributed by atoms with E-state index in [-0.39, 0.29) is 6.09 Å². The number of amides is 1. The van der Waals surface area contributed by atoms with E-state index in [1.807, 2.05) is 44.6 Å². The summed E-state index contributed by atoms with van der Waals surface area (Å²) in [5.74, 6) is 0.659. The van der Waals surface area contributed by atoms with Gasteiger partial charge in [0.05, 0.1) is 12.6 Å². The lowest BCUT2D eigenvalue weighted by molar-refractivity contribution is 0.0184. The molecule has 1 aliphatic rings. The summed E-state index contributed by atoms with van der Waals surface area (Å²) in [6, 6.07) is 2.20. The van der Waals surface area contributed by atoms with Crippen LogP contribution in [0.3, 0.4) is 0 Å². The number of carbonyl (C=O) groups excluding carboxylic acids is 1. The number of nitrogens with zero attached hydrogens (tertiary/aromatic N) is 3. The van der Waals surface area contributed by atoms with Crippen LogP contribution < -0.4 is 4.74 Å². The van der Waals surface area contributed by atoms with Crippen molar-refractivity contribution in [3.05, 3.63) is 12.3 Å².